The Morgan fingerprint density at radius 3 is 2.41 bits per heavy atom. The molecular weight excluding hydrogens is 284 g/mol. The third-order valence-electron chi connectivity index (χ3n) is 3.92. The van der Waals surface area contributed by atoms with E-state index in [-0.39, 0.29) is 24.3 Å². The molecule has 128 valence electrons. The third-order valence-corrected chi connectivity index (χ3v) is 3.92. The van der Waals surface area contributed by atoms with E-state index in [0.717, 1.165) is 32.8 Å². The predicted octanol–water partition coefficient (Wildman–Crippen LogP) is -0.733. The molecule has 0 radical (unpaired) electrons. The Morgan fingerprint density at radius 2 is 1.86 bits per heavy atom. The maximum absolute atomic E-state index is 12.1. The summed E-state index contributed by atoms with van der Waals surface area (Å²) in [4.78, 5) is 27.9. The zero-order chi connectivity index (χ0) is 16.5. The van der Waals surface area contributed by atoms with Crippen molar-refractivity contribution in [3.05, 3.63) is 0 Å². The zero-order valence-corrected chi connectivity index (χ0v) is 14.0. The first-order chi connectivity index (χ1) is 10.5. The number of nitrogens with zero attached hydrogens (tertiary/aromatic N) is 2. The maximum Gasteiger partial charge on any atom is 0.242 e. The van der Waals surface area contributed by atoms with Gasteiger partial charge in [-0.3, -0.25) is 14.5 Å². The zero-order valence-electron chi connectivity index (χ0n) is 14.0. The number of piperazine rings is 1. The lowest BCUT2D eigenvalue weighted by Gasteiger charge is -2.34. The molecule has 1 heterocycles. The van der Waals surface area contributed by atoms with Gasteiger partial charge in [0, 0.05) is 39.3 Å². The Kier molecular flexibility index (Phi) is 8.37. The summed E-state index contributed by atoms with van der Waals surface area (Å²) < 4.78 is 5.34. The molecule has 3 N–H and O–H groups in total. The summed E-state index contributed by atoms with van der Waals surface area (Å²) in [6.45, 7) is 11.2. The highest BCUT2D eigenvalue weighted by Crippen LogP contribution is 2.02. The van der Waals surface area contributed by atoms with E-state index in [1.165, 1.54) is 0 Å². The van der Waals surface area contributed by atoms with E-state index in [9.17, 15) is 9.59 Å². The van der Waals surface area contributed by atoms with E-state index in [0.29, 0.717) is 13.1 Å². The fourth-order valence-corrected chi connectivity index (χ4v) is 2.25. The molecule has 2 amide bonds. The number of ether oxygens (including phenoxy) is 1. The topological polar surface area (TPSA) is 87.9 Å². The fourth-order valence-electron chi connectivity index (χ4n) is 2.25. The van der Waals surface area contributed by atoms with Gasteiger partial charge in [-0.25, -0.2) is 0 Å². The lowest BCUT2D eigenvalue weighted by Crippen LogP contribution is -2.53. The van der Waals surface area contributed by atoms with Gasteiger partial charge < -0.3 is 20.7 Å². The number of hydrogen-bond acceptors (Lipinski definition) is 5. The fraction of sp³-hybridized carbons (Fsp3) is 0.867. The van der Waals surface area contributed by atoms with Crippen LogP contribution < -0.4 is 11.1 Å². The van der Waals surface area contributed by atoms with Gasteiger partial charge in [0.05, 0.1) is 19.2 Å². The van der Waals surface area contributed by atoms with Gasteiger partial charge in [-0.05, 0) is 12.8 Å². The Hall–Kier alpha value is -1.18. The van der Waals surface area contributed by atoms with E-state index in [1.807, 2.05) is 20.8 Å². The number of carbonyl (C=O) groups is 2. The Bertz CT molecular complexity index is 355. The first kappa shape index (κ1) is 18.9. The first-order valence-electron chi connectivity index (χ1n) is 8.06. The summed E-state index contributed by atoms with van der Waals surface area (Å²) in [6.07, 6.45) is 0. The largest absolute Gasteiger partial charge is 0.380 e. The number of rotatable bonds is 8. The van der Waals surface area contributed by atoms with Gasteiger partial charge in [-0.1, -0.05) is 13.8 Å². The van der Waals surface area contributed by atoms with Crippen molar-refractivity contribution in [2.24, 2.45) is 11.7 Å². The number of amides is 2. The average molecular weight is 314 g/mol. The van der Waals surface area contributed by atoms with Gasteiger partial charge in [0.25, 0.3) is 0 Å². The molecular formula is C15H30N4O3. The summed E-state index contributed by atoms with van der Waals surface area (Å²) in [7, 11) is 0. The van der Waals surface area contributed by atoms with Crippen LogP contribution in [0.1, 0.15) is 20.8 Å². The highest BCUT2D eigenvalue weighted by Gasteiger charge is 2.22. The molecule has 0 aromatic carbocycles. The van der Waals surface area contributed by atoms with Crippen LogP contribution in [0, 0.1) is 5.92 Å². The minimum Gasteiger partial charge on any atom is -0.380 e. The highest BCUT2D eigenvalue weighted by molar-refractivity contribution is 5.87. The molecule has 0 aromatic heterocycles. The van der Waals surface area contributed by atoms with E-state index in [4.69, 9.17) is 10.5 Å². The number of nitrogens with two attached hydrogens (primary N) is 1. The smallest absolute Gasteiger partial charge is 0.242 e. The van der Waals surface area contributed by atoms with Crippen LogP contribution in [0.2, 0.25) is 0 Å². The van der Waals surface area contributed by atoms with Crippen molar-refractivity contribution in [2.75, 3.05) is 52.5 Å². The second kappa shape index (κ2) is 9.76. The molecule has 0 aliphatic carbocycles. The third kappa shape index (κ3) is 6.29. The Morgan fingerprint density at radius 1 is 1.23 bits per heavy atom. The molecule has 7 nitrogen and oxygen atoms in total. The lowest BCUT2D eigenvalue weighted by atomic mass is 10.1. The number of carbonyl (C=O) groups excluding carboxylic acids is 2. The van der Waals surface area contributed by atoms with Crippen LogP contribution in [0.4, 0.5) is 0 Å². The monoisotopic (exact) mass is 314 g/mol. The molecule has 1 aliphatic rings. The molecule has 0 aromatic rings. The predicted molar refractivity (Wildman–Crippen MR) is 85.3 cm³/mol. The normalized spacial score (nSPS) is 17.6. The lowest BCUT2D eigenvalue weighted by molar-refractivity contribution is -0.134. The Balaban J connectivity index is 2.24. The molecule has 22 heavy (non-hydrogen) atoms. The number of hydrogen-bond donors (Lipinski definition) is 2. The van der Waals surface area contributed by atoms with Crippen molar-refractivity contribution in [3.63, 3.8) is 0 Å². The first-order valence-corrected chi connectivity index (χ1v) is 8.06. The molecule has 1 atom stereocenters. The maximum atomic E-state index is 12.1. The van der Waals surface area contributed by atoms with Crippen LogP contribution in [0.5, 0.6) is 0 Å². The van der Waals surface area contributed by atoms with Crippen LogP contribution in [-0.4, -0.2) is 80.1 Å². The van der Waals surface area contributed by atoms with E-state index in [2.05, 4.69) is 10.2 Å². The molecule has 7 heteroatoms. The highest BCUT2D eigenvalue weighted by atomic mass is 16.5. The SMILES string of the molecule is CCOCCN1CCN(C(=O)CNC(=O)[C@@H](N)C(C)C)CC1. The van der Waals surface area contributed by atoms with Gasteiger partial charge in [-0.15, -0.1) is 0 Å². The number of nitrogens with one attached hydrogen (secondary N) is 1. The van der Waals surface area contributed by atoms with Crippen molar-refractivity contribution in [1.29, 1.82) is 0 Å². The summed E-state index contributed by atoms with van der Waals surface area (Å²) in [5.41, 5.74) is 5.75. The van der Waals surface area contributed by atoms with Crippen molar-refractivity contribution in [1.82, 2.24) is 15.1 Å². The van der Waals surface area contributed by atoms with Gasteiger partial charge in [0.15, 0.2) is 0 Å². The summed E-state index contributed by atoms with van der Waals surface area (Å²) >= 11 is 0. The molecule has 0 bridgehead atoms. The molecule has 0 spiro atoms. The molecule has 1 fully saturated rings. The van der Waals surface area contributed by atoms with Crippen molar-refractivity contribution in [2.45, 2.75) is 26.8 Å². The quantitative estimate of drug-likeness (QED) is 0.577. The molecule has 1 aliphatic heterocycles. The molecule has 0 saturated carbocycles. The summed E-state index contributed by atoms with van der Waals surface area (Å²) in [5.74, 6) is -0.253. The van der Waals surface area contributed by atoms with Gasteiger partial charge >= 0.3 is 0 Å². The Labute approximate surface area is 133 Å². The van der Waals surface area contributed by atoms with Crippen LogP contribution in [-0.2, 0) is 14.3 Å². The summed E-state index contributed by atoms with van der Waals surface area (Å²) in [5, 5.41) is 2.63. The standard InChI is InChI=1S/C15H30N4O3/c1-4-22-10-9-18-5-7-19(8-6-18)13(20)11-17-15(21)14(16)12(2)3/h12,14H,4-11,16H2,1-3H3,(H,17,21)/t14-/m0/s1. The van der Waals surface area contributed by atoms with Crippen LogP contribution in [0.25, 0.3) is 0 Å². The minimum atomic E-state index is -0.566. The average Bonchev–Trinajstić information content (AvgIpc) is 2.52. The van der Waals surface area contributed by atoms with Crippen LogP contribution in [0.15, 0.2) is 0 Å². The minimum absolute atomic E-state index is 0.0260. The van der Waals surface area contributed by atoms with Gasteiger partial charge in [-0.2, -0.15) is 0 Å². The van der Waals surface area contributed by atoms with Crippen molar-refractivity contribution in [3.8, 4) is 0 Å². The molecule has 1 rings (SSSR count). The van der Waals surface area contributed by atoms with Crippen molar-refractivity contribution >= 4 is 11.8 Å². The molecule has 0 unspecified atom stereocenters. The van der Waals surface area contributed by atoms with E-state index >= 15 is 0 Å². The van der Waals surface area contributed by atoms with Crippen molar-refractivity contribution < 1.29 is 14.3 Å². The van der Waals surface area contributed by atoms with E-state index in [1.54, 1.807) is 4.90 Å². The van der Waals surface area contributed by atoms with Gasteiger partial charge in [0.1, 0.15) is 0 Å². The van der Waals surface area contributed by atoms with Gasteiger partial charge in [0.2, 0.25) is 11.8 Å². The second-order valence-electron chi connectivity index (χ2n) is 5.91. The second-order valence-corrected chi connectivity index (χ2v) is 5.91. The summed E-state index contributed by atoms with van der Waals surface area (Å²) in [6, 6.07) is -0.566. The molecule has 1 saturated heterocycles. The van der Waals surface area contributed by atoms with E-state index < -0.39 is 6.04 Å². The van der Waals surface area contributed by atoms with Crippen LogP contribution in [0.3, 0.4) is 0 Å². The van der Waals surface area contributed by atoms with Crippen LogP contribution >= 0.6 is 0 Å².